The van der Waals surface area contributed by atoms with Crippen LogP contribution < -0.4 is 11.0 Å². The van der Waals surface area contributed by atoms with Crippen LogP contribution in [0.15, 0.2) is 58.6 Å². The van der Waals surface area contributed by atoms with Gasteiger partial charge in [0.15, 0.2) is 0 Å². The molecule has 2 rings (SSSR count). The molecule has 2 aromatic rings. The molecule has 21 heavy (non-hydrogen) atoms. The zero-order chi connectivity index (χ0) is 15.2. The van der Waals surface area contributed by atoms with Crippen molar-refractivity contribution < 1.29 is 4.79 Å². The number of amides is 1. The lowest BCUT2D eigenvalue weighted by atomic mass is 10.1. The monoisotopic (exact) mass is 283 g/mol. The fourth-order valence-electron chi connectivity index (χ4n) is 1.97. The number of benzene rings is 1. The molecule has 1 amide bonds. The van der Waals surface area contributed by atoms with Crippen LogP contribution in [0.1, 0.15) is 18.1 Å². The maximum Gasteiger partial charge on any atom is 0.260 e. The third-order valence-corrected chi connectivity index (χ3v) is 3.10. The summed E-state index contributed by atoms with van der Waals surface area (Å²) >= 11 is 0. The highest BCUT2D eigenvalue weighted by Gasteiger charge is 2.04. The molecular formula is C16H17N3O2. The van der Waals surface area contributed by atoms with Crippen LogP contribution in [-0.4, -0.2) is 16.2 Å². The van der Waals surface area contributed by atoms with E-state index in [4.69, 9.17) is 0 Å². The van der Waals surface area contributed by atoms with Gasteiger partial charge in [-0.3, -0.25) is 9.59 Å². The molecule has 0 aliphatic carbocycles. The molecule has 1 aromatic carbocycles. The van der Waals surface area contributed by atoms with Gasteiger partial charge in [0.1, 0.15) is 6.54 Å². The van der Waals surface area contributed by atoms with E-state index < -0.39 is 0 Å². The summed E-state index contributed by atoms with van der Waals surface area (Å²) in [6.45, 7) is 3.77. The highest BCUT2D eigenvalue weighted by molar-refractivity contribution is 6.00. The summed E-state index contributed by atoms with van der Waals surface area (Å²) in [7, 11) is 0. The van der Waals surface area contributed by atoms with E-state index in [1.54, 1.807) is 18.3 Å². The van der Waals surface area contributed by atoms with Crippen LogP contribution in [0.25, 0.3) is 0 Å². The first-order valence-corrected chi connectivity index (χ1v) is 6.62. The summed E-state index contributed by atoms with van der Waals surface area (Å²) in [5, 5.41) is 4.08. The quantitative estimate of drug-likeness (QED) is 0.685. The molecule has 0 saturated heterocycles. The largest absolute Gasteiger partial charge is 0.306 e. The fraction of sp³-hybridized carbons (Fsp3) is 0.188. The Bertz CT molecular complexity index is 732. The van der Waals surface area contributed by atoms with Crippen molar-refractivity contribution in [2.24, 2.45) is 5.10 Å². The number of hydrazone groups is 1. The summed E-state index contributed by atoms with van der Waals surface area (Å²) in [6.07, 6.45) is 1.57. The summed E-state index contributed by atoms with van der Waals surface area (Å²) in [5.41, 5.74) is 5.05. The van der Waals surface area contributed by atoms with E-state index in [0.29, 0.717) is 0 Å². The van der Waals surface area contributed by atoms with Gasteiger partial charge >= 0.3 is 0 Å². The molecule has 1 N–H and O–H groups in total. The van der Waals surface area contributed by atoms with Gasteiger partial charge in [0.2, 0.25) is 0 Å². The number of aryl methyl sites for hydroxylation is 1. The number of carbonyl (C=O) groups is 1. The van der Waals surface area contributed by atoms with Crippen LogP contribution in [0.5, 0.6) is 0 Å². The van der Waals surface area contributed by atoms with Crippen molar-refractivity contribution in [1.29, 1.82) is 0 Å². The summed E-state index contributed by atoms with van der Waals surface area (Å²) in [5.74, 6) is -0.337. The Morgan fingerprint density at radius 2 is 1.90 bits per heavy atom. The number of nitrogens with zero attached hydrogens (tertiary/aromatic N) is 2. The average molecular weight is 283 g/mol. The Balaban J connectivity index is 2.04. The van der Waals surface area contributed by atoms with E-state index in [1.807, 2.05) is 38.1 Å². The van der Waals surface area contributed by atoms with Crippen LogP contribution in [0, 0.1) is 6.92 Å². The first kappa shape index (κ1) is 14.7. The lowest BCUT2D eigenvalue weighted by Crippen LogP contribution is -2.29. The Labute approximate surface area is 122 Å². The third kappa shape index (κ3) is 3.89. The number of nitrogens with one attached hydrogen (secondary N) is 1. The molecule has 5 heteroatoms. The molecule has 0 bridgehead atoms. The lowest BCUT2D eigenvalue weighted by Gasteiger charge is -2.06. The van der Waals surface area contributed by atoms with E-state index >= 15 is 0 Å². The molecule has 0 aliphatic heterocycles. The number of rotatable bonds is 4. The number of carbonyl (C=O) groups excluding carboxylic acids is 1. The van der Waals surface area contributed by atoms with E-state index in [0.717, 1.165) is 16.8 Å². The summed E-state index contributed by atoms with van der Waals surface area (Å²) < 4.78 is 1.33. The zero-order valence-electron chi connectivity index (χ0n) is 12.0. The van der Waals surface area contributed by atoms with Crippen molar-refractivity contribution >= 4 is 11.6 Å². The standard InChI is InChI=1S/C16H17N3O2/c1-12-7-3-4-8-14(12)13(2)17-18-15(20)11-19-10-6-5-9-16(19)21/h3-10H,11H2,1-2H3,(H,18,20)/b17-13-. The highest BCUT2D eigenvalue weighted by atomic mass is 16.2. The van der Waals surface area contributed by atoms with E-state index in [9.17, 15) is 9.59 Å². The maximum absolute atomic E-state index is 11.8. The fourth-order valence-corrected chi connectivity index (χ4v) is 1.97. The second-order valence-corrected chi connectivity index (χ2v) is 4.71. The molecule has 0 saturated carbocycles. The molecule has 0 unspecified atom stereocenters. The minimum absolute atomic E-state index is 0.0514. The number of pyridine rings is 1. The molecular weight excluding hydrogens is 266 g/mol. The zero-order valence-corrected chi connectivity index (χ0v) is 12.0. The van der Waals surface area contributed by atoms with Crippen LogP contribution in [0.3, 0.4) is 0 Å². The summed E-state index contributed by atoms with van der Waals surface area (Å²) in [6, 6.07) is 12.6. The molecule has 0 atom stereocenters. The Kier molecular flexibility index (Phi) is 4.66. The van der Waals surface area contributed by atoms with Gasteiger partial charge in [-0.05, 0) is 25.5 Å². The molecule has 0 aliphatic rings. The smallest absolute Gasteiger partial charge is 0.260 e. The van der Waals surface area contributed by atoms with Gasteiger partial charge < -0.3 is 4.57 Å². The summed E-state index contributed by atoms with van der Waals surface area (Å²) in [4.78, 5) is 23.3. The van der Waals surface area contributed by atoms with Gasteiger partial charge in [0, 0.05) is 17.8 Å². The van der Waals surface area contributed by atoms with Crippen LogP contribution >= 0.6 is 0 Å². The SMILES string of the molecule is C/C(=N/NC(=O)Cn1ccccc1=O)c1ccccc1C. The normalized spacial score (nSPS) is 11.2. The average Bonchev–Trinajstić information content (AvgIpc) is 2.48. The molecule has 0 spiro atoms. The molecule has 0 fully saturated rings. The number of hydrogen-bond acceptors (Lipinski definition) is 3. The topological polar surface area (TPSA) is 63.5 Å². The first-order valence-electron chi connectivity index (χ1n) is 6.62. The number of hydrogen-bond donors (Lipinski definition) is 1. The Morgan fingerprint density at radius 1 is 1.19 bits per heavy atom. The predicted octanol–water partition coefficient (Wildman–Crippen LogP) is 1.70. The van der Waals surface area contributed by atoms with Gasteiger partial charge in [0.25, 0.3) is 11.5 Å². The molecule has 5 nitrogen and oxygen atoms in total. The molecule has 108 valence electrons. The second kappa shape index (κ2) is 6.65. The maximum atomic E-state index is 11.8. The number of aromatic nitrogens is 1. The van der Waals surface area contributed by atoms with Crippen molar-refractivity contribution in [2.45, 2.75) is 20.4 Å². The van der Waals surface area contributed by atoms with Crippen molar-refractivity contribution in [1.82, 2.24) is 9.99 Å². The van der Waals surface area contributed by atoms with Crippen LogP contribution in [-0.2, 0) is 11.3 Å². The van der Waals surface area contributed by atoms with Crippen molar-refractivity contribution in [3.8, 4) is 0 Å². The van der Waals surface area contributed by atoms with Gasteiger partial charge in [-0.15, -0.1) is 0 Å². The van der Waals surface area contributed by atoms with Crippen molar-refractivity contribution in [2.75, 3.05) is 0 Å². The van der Waals surface area contributed by atoms with E-state index in [1.165, 1.54) is 10.6 Å². The van der Waals surface area contributed by atoms with Gasteiger partial charge in [0.05, 0.1) is 5.71 Å². The van der Waals surface area contributed by atoms with Crippen LogP contribution in [0.2, 0.25) is 0 Å². The minimum Gasteiger partial charge on any atom is -0.306 e. The minimum atomic E-state index is -0.337. The molecule has 0 radical (unpaired) electrons. The van der Waals surface area contributed by atoms with E-state index in [-0.39, 0.29) is 18.0 Å². The molecule has 1 heterocycles. The van der Waals surface area contributed by atoms with Gasteiger partial charge in [-0.1, -0.05) is 30.3 Å². The van der Waals surface area contributed by atoms with E-state index in [2.05, 4.69) is 10.5 Å². The predicted molar refractivity (Wildman–Crippen MR) is 82.2 cm³/mol. The van der Waals surface area contributed by atoms with Crippen LogP contribution in [0.4, 0.5) is 0 Å². The Morgan fingerprint density at radius 3 is 2.62 bits per heavy atom. The third-order valence-electron chi connectivity index (χ3n) is 3.10. The second-order valence-electron chi connectivity index (χ2n) is 4.71. The van der Waals surface area contributed by atoms with Gasteiger partial charge in [-0.25, -0.2) is 5.43 Å². The molecule has 1 aromatic heterocycles. The lowest BCUT2D eigenvalue weighted by molar-refractivity contribution is -0.121. The highest BCUT2D eigenvalue weighted by Crippen LogP contribution is 2.07. The Hall–Kier alpha value is -2.69. The van der Waals surface area contributed by atoms with Crippen molar-refractivity contribution in [3.05, 3.63) is 70.1 Å². The van der Waals surface area contributed by atoms with Gasteiger partial charge in [-0.2, -0.15) is 5.10 Å². The first-order chi connectivity index (χ1) is 10.1. The van der Waals surface area contributed by atoms with Crippen molar-refractivity contribution in [3.63, 3.8) is 0 Å².